The molecule has 8 nitrogen and oxygen atoms in total. The van der Waals surface area contributed by atoms with E-state index in [0.717, 1.165) is 0 Å². The van der Waals surface area contributed by atoms with Gasteiger partial charge in [-0.05, 0) is 0 Å². The second-order valence-electron chi connectivity index (χ2n) is 4.32. The van der Waals surface area contributed by atoms with E-state index in [1.165, 1.54) is 48.5 Å². The van der Waals surface area contributed by atoms with Crippen LogP contribution in [0.2, 0.25) is 0 Å². The summed E-state index contributed by atoms with van der Waals surface area (Å²) in [6, 6.07) is 10.8. The van der Waals surface area contributed by atoms with Gasteiger partial charge in [0.1, 0.15) is 0 Å². The molecule has 22 heavy (non-hydrogen) atoms. The van der Waals surface area contributed by atoms with Crippen LogP contribution in [0.5, 0.6) is 0 Å². The molecule has 0 heterocycles. The average molecular weight is 430 g/mol. The van der Waals surface area contributed by atoms with Crippen molar-refractivity contribution in [2.75, 3.05) is 0 Å². The number of azo groups is 1. The third kappa shape index (κ3) is 4.54. The predicted octanol–water partition coefficient (Wildman–Crippen LogP) is -0.776. The van der Waals surface area contributed by atoms with Gasteiger partial charge < -0.3 is 0 Å². The van der Waals surface area contributed by atoms with Crippen molar-refractivity contribution < 1.29 is 23.9 Å². The van der Waals surface area contributed by atoms with E-state index in [2.05, 4.69) is 10.2 Å². The maximum absolute atomic E-state index is 11.1. The second kappa shape index (κ2) is 6.38. The molecule has 0 unspecified atom stereocenters. The summed E-state index contributed by atoms with van der Waals surface area (Å²) >= 11 is -9.79. The van der Waals surface area contributed by atoms with Crippen LogP contribution >= 0.6 is 0 Å². The van der Waals surface area contributed by atoms with Crippen LogP contribution in [0.4, 0.5) is 11.4 Å². The molecule has 0 saturated heterocycles. The number of rotatable bonds is 4. The van der Waals surface area contributed by atoms with Crippen molar-refractivity contribution in [1.82, 2.24) is 0 Å². The Kier molecular flexibility index (Phi) is 4.92. The van der Waals surface area contributed by atoms with E-state index in [1.54, 1.807) is 0 Å². The Labute approximate surface area is 131 Å². The number of nitrogens with zero attached hydrogens (tertiary/aromatic N) is 2. The zero-order valence-electron chi connectivity index (χ0n) is 11.0. The first-order valence-corrected chi connectivity index (χ1v) is 12.7. The second-order valence-corrected chi connectivity index (χ2v) is 11.1. The predicted molar refractivity (Wildman–Crippen MR) is 78.1 cm³/mol. The van der Waals surface area contributed by atoms with E-state index in [4.69, 9.17) is 16.4 Å². The van der Waals surface area contributed by atoms with Gasteiger partial charge in [0.25, 0.3) is 0 Å². The molecule has 116 valence electrons. The van der Waals surface area contributed by atoms with Crippen LogP contribution < -0.4 is 8.70 Å². The monoisotopic (exact) mass is 430 g/mol. The van der Waals surface area contributed by atoms with Gasteiger partial charge in [0, 0.05) is 0 Å². The average Bonchev–Trinajstić information content (AvgIpc) is 2.44. The summed E-state index contributed by atoms with van der Waals surface area (Å²) in [7, 11) is 0. The fourth-order valence-corrected chi connectivity index (χ4v) is 3.80. The molecule has 10 heteroatoms. The fourth-order valence-electron chi connectivity index (χ4n) is 1.54. The SMILES string of the molecule is O=[As](O)(O)c1ccc(/N=N/c2ccc([As](=O)(O)O)cc2)cc1. The third-order valence-corrected chi connectivity index (χ3v) is 6.73. The quantitative estimate of drug-likeness (QED) is 0.371. The molecule has 0 aliphatic heterocycles. The molecule has 2 rings (SSSR count). The molecular weight excluding hydrogens is 418 g/mol. The summed E-state index contributed by atoms with van der Waals surface area (Å²) < 4.78 is 58.2. The molecule has 2 aromatic rings. The first kappa shape index (κ1) is 17.0. The molecular formula is C12H12As2N2O6. The summed E-state index contributed by atoms with van der Waals surface area (Å²) in [4.78, 5) is 0. The minimum atomic E-state index is -4.90. The molecule has 4 N–H and O–H groups in total. The van der Waals surface area contributed by atoms with Gasteiger partial charge in [-0.25, -0.2) is 0 Å². The standard InChI is InChI=1S/C12H12As2N2O6/c17-13(18,19)9-1-5-11(6-2-9)15-16-12-7-3-10(4-8-12)14(20,21)22/h1-8H,(H2,17,18,19)(H2,20,21,22)/b16-15+. The number of hydrogen-bond acceptors (Lipinski definition) is 4. The van der Waals surface area contributed by atoms with Crippen molar-refractivity contribution in [1.29, 1.82) is 0 Å². The minimum absolute atomic E-state index is 0.0507. The van der Waals surface area contributed by atoms with Crippen LogP contribution in [-0.2, 0) is 7.48 Å². The number of benzene rings is 2. The summed E-state index contributed by atoms with van der Waals surface area (Å²) in [5, 5.41) is 7.76. The molecule has 0 saturated carbocycles. The fraction of sp³-hybridized carbons (Fsp3) is 0. The van der Waals surface area contributed by atoms with Gasteiger partial charge in [-0.1, -0.05) is 0 Å². The Morgan fingerprint density at radius 1 is 0.591 bits per heavy atom. The third-order valence-electron chi connectivity index (χ3n) is 2.65. The molecule has 0 aliphatic carbocycles. The van der Waals surface area contributed by atoms with Crippen LogP contribution in [0, 0.1) is 0 Å². The van der Waals surface area contributed by atoms with Crippen molar-refractivity contribution in [3.05, 3.63) is 48.5 Å². The Hall–Kier alpha value is -1.40. The van der Waals surface area contributed by atoms with E-state index in [-0.39, 0.29) is 8.70 Å². The zero-order valence-corrected chi connectivity index (χ0v) is 14.8. The van der Waals surface area contributed by atoms with Crippen LogP contribution in [-0.4, -0.2) is 44.7 Å². The van der Waals surface area contributed by atoms with Gasteiger partial charge in [-0.2, -0.15) is 0 Å². The van der Waals surface area contributed by atoms with E-state index < -0.39 is 28.3 Å². The normalized spacial score (nSPS) is 12.7. The first-order valence-electron chi connectivity index (χ1n) is 5.90. The van der Waals surface area contributed by atoms with Crippen molar-refractivity contribution >= 4 is 48.4 Å². The molecule has 0 aromatic heterocycles. The zero-order chi connectivity index (χ0) is 16.4. The first-order chi connectivity index (χ1) is 10.2. The Balaban J connectivity index is 2.15. The van der Waals surface area contributed by atoms with Gasteiger partial charge in [0.05, 0.1) is 0 Å². The Morgan fingerprint density at radius 3 is 1.09 bits per heavy atom. The molecule has 0 radical (unpaired) electrons. The van der Waals surface area contributed by atoms with Gasteiger partial charge in [0.2, 0.25) is 0 Å². The maximum atomic E-state index is 11.1. The van der Waals surface area contributed by atoms with E-state index in [0.29, 0.717) is 11.4 Å². The summed E-state index contributed by atoms with van der Waals surface area (Å²) in [5.41, 5.74) is 0.798. The van der Waals surface area contributed by atoms with E-state index in [1.807, 2.05) is 0 Å². The molecule has 2 aromatic carbocycles. The molecule has 0 bridgehead atoms. The molecule has 0 atom stereocenters. The summed E-state index contributed by atoms with van der Waals surface area (Å²) in [6.45, 7) is 0. The van der Waals surface area contributed by atoms with Crippen molar-refractivity contribution in [2.45, 2.75) is 0 Å². The topological polar surface area (TPSA) is 140 Å². The Morgan fingerprint density at radius 2 is 0.864 bits per heavy atom. The summed E-state index contributed by atoms with van der Waals surface area (Å²) in [6.07, 6.45) is 0. The molecule has 0 amide bonds. The van der Waals surface area contributed by atoms with Crippen molar-refractivity contribution in [3.8, 4) is 0 Å². The van der Waals surface area contributed by atoms with Crippen LogP contribution in [0.1, 0.15) is 0 Å². The van der Waals surface area contributed by atoms with E-state index >= 15 is 0 Å². The van der Waals surface area contributed by atoms with Crippen molar-refractivity contribution in [3.63, 3.8) is 0 Å². The van der Waals surface area contributed by atoms with Crippen molar-refractivity contribution in [2.24, 2.45) is 10.2 Å². The molecule has 0 aliphatic rings. The van der Waals surface area contributed by atoms with Crippen LogP contribution in [0.3, 0.4) is 0 Å². The Bertz CT molecular complexity index is 709. The molecule has 0 fully saturated rings. The summed E-state index contributed by atoms with van der Waals surface area (Å²) in [5.74, 6) is 0. The van der Waals surface area contributed by atoms with Crippen LogP contribution in [0.15, 0.2) is 58.8 Å². The molecule has 0 spiro atoms. The van der Waals surface area contributed by atoms with Gasteiger partial charge in [0.15, 0.2) is 0 Å². The number of hydrogen-bond donors (Lipinski definition) is 4. The van der Waals surface area contributed by atoms with Gasteiger partial charge in [-0.15, -0.1) is 0 Å². The van der Waals surface area contributed by atoms with Gasteiger partial charge >= 0.3 is 131 Å². The van der Waals surface area contributed by atoms with E-state index in [9.17, 15) is 7.48 Å². The van der Waals surface area contributed by atoms with Gasteiger partial charge in [-0.3, -0.25) is 0 Å². The van der Waals surface area contributed by atoms with Crippen LogP contribution in [0.25, 0.3) is 0 Å².